The normalized spacial score (nSPS) is 23.0. The summed E-state index contributed by atoms with van der Waals surface area (Å²) in [5.74, 6) is -2.90. The van der Waals surface area contributed by atoms with E-state index in [1.54, 1.807) is 26.0 Å². The molecule has 2 rings (SSSR count). The van der Waals surface area contributed by atoms with Crippen LogP contribution in [0.25, 0.3) is 0 Å². The molecule has 1 aromatic carbocycles. The molecule has 4 amide bonds. The number of phenolic OH excluding ortho intramolecular Hbond substituents is 1. The third kappa shape index (κ3) is 8.65. The maximum Gasteiger partial charge on any atom is 0.405 e. The third-order valence-corrected chi connectivity index (χ3v) is 5.17. The number of rotatable bonds is 6. The average molecular weight is 491 g/mol. The number of nitrogens with one attached hydrogen (secondary N) is 4. The first-order valence-corrected chi connectivity index (χ1v) is 11.0. The number of carbonyl (C=O) groups is 5. The third-order valence-electron chi connectivity index (χ3n) is 5.17. The molecule has 190 valence electrons. The van der Waals surface area contributed by atoms with Gasteiger partial charge in [0.05, 0.1) is 6.04 Å². The van der Waals surface area contributed by atoms with Crippen LogP contribution in [0, 0.1) is 5.92 Å². The molecule has 1 aliphatic heterocycles. The quantitative estimate of drug-likeness (QED) is 0.297. The van der Waals surface area contributed by atoms with Crippen LogP contribution in [0.5, 0.6) is 5.75 Å². The molecule has 0 saturated carbocycles. The van der Waals surface area contributed by atoms with E-state index in [0.717, 1.165) is 6.08 Å². The highest BCUT2D eigenvalue weighted by Crippen LogP contribution is 2.13. The molecule has 4 atom stereocenters. The number of phenols is 1. The molecule has 1 aliphatic rings. The van der Waals surface area contributed by atoms with Crippen LogP contribution < -0.4 is 21.3 Å². The molecule has 0 fully saturated rings. The zero-order chi connectivity index (χ0) is 26.1. The van der Waals surface area contributed by atoms with E-state index in [1.165, 1.54) is 25.1 Å². The molecule has 12 nitrogen and oxygen atoms in total. The number of amides is 4. The fraction of sp³-hybridized carbons (Fsp3) is 0.435. The van der Waals surface area contributed by atoms with Gasteiger partial charge in [-0.2, -0.15) is 0 Å². The largest absolute Gasteiger partial charge is 0.508 e. The Kier molecular flexibility index (Phi) is 9.62. The second-order valence-corrected chi connectivity index (χ2v) is 8.44. The highest BCUT2D eigenvalue weighted by atomic mass is 16.5. The number of carboxylic acid groups (broad SMARTS) is 1. The van der Waals surface area contributed by atoms with Crippen molar-refractivity contribution >= 4 is 29.8 Å². The Labute approximate surface area is 202 Å². The first kappa shape index (κ1) is 27.2. The summed E-state index contributed by atoms with van der Waals surface area (Å²) in [6, 6.07) is 1.96. The second kappa shape index (κ2) is 12.4. The molecular weight excluding hydrogens is 460 g/mol. The van der Waals surface area contributed by atoms with Gasteiger partial charge in [-0.3, -0.25) is 14.4 Å². The predicted molar refractivity (Wildman–Crippen MR) is 123 cm³/mol. The van der Waals surface area contributed by atoms with Gasteiger partial charge in [0, 0.05) is 12.5 Å². The molecule has 0 aliphatic carbocycles. The zero-order valence-electron chi connectivity index (χ0n) is 19.6. The van der Waals surface area contributed by atoms with Crippen molar-refractivity contribution in [2.45, 2.75) is 51.4 Å². The Bertz CT molecular complexity index is 976. The molecule has 0 saturated heterocycles. The Balaban J connectivity index is 2.28. The van der Waals surface area contributed by atoms with Crippen molar-refractivity contribution in [1.82, 2.24) is 21.3 Å². The van der Waals surface area contributed by atoms with Gasteiger partial charge in [0.25, 0.3) is 0 Å². The maximum atomic E-state index is 12.9. The van der Waals surface area contributed by atoms with E-state index in [4.69, 9.17) is 9.84 Å². The Morgan fingerprint density at radius 2 is 1.77 bits per heavy atom. The summed E-state index contributed by atoms with van der Waals surface area (Å²) in [4.78, 5) is 61.3. The molecule has 0 bridgehead atoms. The van der Waals surface area contributed by atoms with Crippen molar-refractivity contribution in [1.29, 1.82) is 0 Å². The first-order chi connectivity index (χ1) is 16.5. The number of carbonyl (C=O) groups excluding carboxylic acids is 4. The van der Waals surface area contributed by atoms with Gasteiger partial charge in [-0.25, -0.2) is 9.59 Å². The molecular formula is C23H30N4O8. The molecule has 12 heteroatoms. The van der Waals surface area contributed by atoms with Crippen LogP contribution in [0.2, 0.25) is 0 Å². The lowest BCUT2D eigenvalue weighted by molar-refractivity contribution is -0.149. The molecule has 1 heterocycles. The maximum absolute atomic E-state index is 12.9. The van der Waals surface area contributed by atoms with Crippen LogP contribution in [0.4, 0.5) is 4.79 Å². The van der Waals surface area contributed by atoms with Crippen molar-refractivity contribution in [2.24, 2.45) is 5.92 Å². The number of ether oxygens (including phenoxy) is 1. The van der Waals surface area contributed by atoms with Gasteiger partial charge in [-0.1, -0.05) is 32.1 Å². The zero-order valence-corrected chi connectivity index (χ0v) is 19.6. The van der Waals surface area contributed by atoms with Crippen LogP contribution in [0.1, 0.15) is 26.3 Å². The summed E-state index contributed by atoms with van der Waals surface area (Å²) in [7, 11) is 0. The van der Waals surface area contributed by atoms with Gasteiger partial charge in [0.15, 0.2) is 0 Å². The Morgan fingerprint density at radius 3 is 2.37 bits per heavy atom. The van der Waals surface area contributed by atoms with Crippen molar-refractivity contribution in [2.75, 3.05) is 6.61 Å². The van der Waals surface area contributed by atoms with Crippen LogP contribution in [0.3, 0.4) is 0 Å². The van der Waals surface area contributed by atoms with Crippen LogP contribution in [-0.4, -0.2) is 70.8 Å². The average Bonchev–Trinajstić information content (AvgIpc) is 2.78. The van der Waals surface area contributed by atoms with Gasteiger partial charge < -0.3 is 36.2 Å². The van der Waals surface area contributed by atoms with E-state index >= 15 is 0 Å². The molecule has 1 aromatic rings. The van der Waals surface area contributed by atoms with Crippen LogP contribution in [0.15, 0.2) is 36.4 Å². The van der Waals surface area contributed by atoms with Gasteiger partial charge in [0.2, 0.25) is 17.7 Å². The van der Waals surface area contributed by atoms with Gasteiger partial charge in [0.1, 0.15) is 30.5 Å². The number of hydrogen-bond acceptors (Lipinski definition) is 7. The highest BCUT2D eigenvalue weighted by Gasteiger charge is 2.30. The molecule has 0 aromatic heterocycles. The van der Waals surface area contributed by atoms with E-state index in [0.29, 0.717) is 5.56 Å². The fourth-order valence-electron chi connectivity index (χ4n) is 3.24. The summed E-state index contributed by atoms with van der Waals surface area (Å²) >= 11 is 0. The first-order valence-electron chi connectivity index (χ1n) is 11.0. The number of benzene rings is 1. The van der Waals surface area contributed by atoms with E-state index < -0.39 is 54.0 Å². The lowest BCUT2D eigenvalue weighted by Crippen LogP contribution is -2.55. The lowest BCUT2D eigenvalue weighted by atomic mass is 10.0. The SMILES string of the molecule is CC(C)[C@@H]1NC(=O)/C=C/[C@@H](NC(=O)[C@H](C)NC(=O)O)COC(=O)[C@H](Cc2ccc(O)cc2)NC1=O. The standard InChI is InChI=1S/C23H30N4O8/c1-12(2)19-21(31)26-17(10-14-4-7-16(28)8-5-14)22(32)35-11-15(6-9-18(29)27-19)25-20(30)13(3)24-23(33)34/h4-9,12-13,15,17,19,24,28H,10-11H2,1-3H3,(H,25,30)(H,26,31)(H,27,29)(H,33,34)/b9-6+/t13-,15+,17-,19-/m0/s1. The monoisotopic (exact) mass is 490 g/mol. The molecule has 0 spiro atoms. The molecule has 6 N–H and O–H groups in total. The van der Waals surface area contributed by atoms with Crippen molar-refractivity contribution in [3.8, 4) is 5.75 Å². The van der Waals surface area contributed by atoms with E-state index in [2.05, 4.69) is 16.0 Å². The fourth-order valence-corrected chi connectivity index (χ4v) is 3.24. The van der Waals surface area contributed by atoms with Gasteiger partial charge in [-0.05, 0) is 30.5 Å². The number of hydrogen-bond donors (Lipinski definition) is 6. The summed E-state index contributed by atoms with van der Waals surface area (Å²) in [6.07, 6.45) is 1.06. The molecule has 0 unspecified atom stereocenters. The van der Waals surface area contributed by atoms with E-state index in [1.807, 2.05) is 5.32 Å². The minimum Gasteiger partial charge on any atom is -0.508 e. The topological polar surface area (TPSA) is 183 Å². The Morgan fingerprint density at radius 1 is 1.11 bits per heavy atom. The van der Waals surface area contributed by atoms with Crippen molar-refractivity contribution in [3.63, 3.8) is 0 Å². The second-order valence-electron chi connectivity index (χ2n) is 8.44. The van der Waals surface area contributed by atoms with E-state index in [-0.39, 0.29) is 24.7 Å². The van der Waals surface area contributed by atoms with Crippen LogP contribution in [-0.2, 0) is 30.3 Å². The minimum atomic E-state index is -1.39. The van der Waals surface area contributed by atoms with Crippen molar-refractivity contribution < 1.29 is 38.9 Å². The Hall–Kier alpha value is -4.09. The number of aromatic hydroxyl groups is 1. The van der Waals surface area contributed by atoms with Gasteiger partial charge in [-0.15, -0.1) is 0 Å². The summed E-state index contributed by atoms with van der Waals surface area (Å²) in [6.45, 7) is 4.42. The summed E-state index contributed by atoms with van der Waals surface area (Å²) in [5, 5.41) is 28.0. The number of esters is 1. The van der Waals surface area contributed by atoms with Crippen LogP contribution >= 0.6 is 0 Å². The minimum absolute atomic E-state index is 0.0404. The van der Waals surface area contributed by atoms with E-state index in [9.17, 15) is 29.1 Å². The van der Waals surface area contributed by atoms with Gasteiger partial charge >= 0.3 is 12.1 Å². The molecule has 35 heavy (non-hydrogen) atoms. The summed E-state index contributed by atoms with van der Waals surface area (Å²) in [5.41, 5.74) is 0.639. The highest BCUT2D eigenvalue weighted by molar-refractivity contribution is 5.94. The smallest absolute Gasteiger partial charge is 0.405 e. The summed E-state index contributed by atoms with van der Waals surface area (Å²) < 4.78 is 5.34. The predicted octanol–water partition coefficient (Wildman–Crippen LogP) is -0.186. The van der Waals surface area contributed by atoms with Crippen molar-refractivity contribution in [3.05, 3.63) is 42.0 Å². The number of cyclic esters (lactones) is 1. The molecule has 0 radical (unpaired) electrons. The lowest BCUT2D eigenvalue weighted by Gasteiger charge is -2.26.